The van der Waals surface area contributed by atoms with E-state index in [0.717, 1.165) is 8.14 Å². The fourth-order valence-electron chi connectivity index (χ4n) is 1.29. The first-order chi connectivity index (χ1) is 9.32. The topological polar surface area (TPSA) is 85.3 Å². The number of pyridine rings is 1. The Morgan fingerprint density at radius 1 is 1.35 bits per heavy atom. The van der Waals surface area contributed by atoms with Crippen LogP contribution in [0.5, 0.6) is 0 Å². The number of nitrogen functional groups attached to an aromatic ring is 1. The minimum absolute atomic E-state index is 0.0324. The monoisotopic (exact) mass is 390 g/mol. The summed E-state index contributed by atoms with van der Waals surface area (Å²) >= 11 is 2.07. The van der Waals surface area contributed by atoms with E-state index in [4.69, 9.17) is 10.8 Å². The molecule has 5 nitrogen and oxygen atoms in total. The summed E-state index contributed by atoms with van der Waals surface area (Å²) in [7, 11) is 1.42. The summed E-state index contributed by atoms with van der Waals surface area (Å²) in [4.78, 5) is 21.4. The summed E-state index contributed by atoms with van der Waals surface area (Å²) in [6.45, 7) is 0. The molecule has 0 aliphatic carbocycles. The third-order valence-corrected chi connectivity index (χ3v) is 3.05. The fourth-order valence-corrected chi connectivity index (χ4v) is 1.80. The van der Waals surface area contributed by atoms with Gasteiger partial charge in [0.05, 0.1) is 5.56 Å². The number of hydrogen-bond acceptors (Lipinski definition) is 3. The number of aromatic nitrogens is 1. The zero-order chi connectivity index (χ0) is 15.3. The molecule has 2 rings (SSSR count). The van der Waals surface area contributed by atoms with E-state index in [0.29, 0.717) is 0 Å². The number of benzene rings is 1. The molecule has 3 N–H and O–H groups in total. The van der Waals surface area contributed by atoms with Crippen LogP contribution in [0.4, 0.5) is 10.2 Å². The van der Waals surface area contributed by atoms with Crippen molar-refractivity contribution in [3.05, 3.63) is 61.7 Å². The van der Waals surface area contributed by atoms with Crippen molar-refractivity contribution in [3.8, 4) is 0 Å². The van der Waals surface area contributed by atoms with Crippen LogP contribution in [0.2, 0.25) is 0 Å². The SMILES string of the molecule is Cn1c(N)c(C(=O)O)ccc1=O.Fc1cccc(I)c1. The Morgan fingerprint density at radius 2 is 2.00 bits per heavy atom. The van der Waals surface area contributed by atoms with E-state index in [2.05, 4.69) is 22.6 Å². The van der Waals surface area contributed by atoms with Crippen LogP contribution in [-0.2, 0) is 7.05 Å². The molecule has 0 amide bonds. The molecule has 7 heteroatoms. The van der Waals surface area contributed by atoms with Crippen molar-refractivity contribution in [2.45, 2.75) is 0 Å². The van der Waals surface area contributed by atoms with E-state index in [1.807, 2.05) is 6.07 Å². The molecule has 106 valence electrons. The highest BCUT2D eigenvalue weighted by atomic mass is 127. The number of halogens is 2. The molecule has 0 aliphatic heterocycles. The van der Waals surface area contributed by atoms with Crippen molar-refractivity contribution in [2.75, 3.05) is 5.73 Å². The van der Waals surface area contributed by atoms with Crippen molar-refractivity contribution in [1.29, 1.82) is 0 Å². The van der Waals surface area contributed by atoms with Crippen LogP contribution in [0.1, 0.15) is 10.4 Å². The number of carboxylic acids is 1. The third kappa shape index (κ3) is 4.34. The largest absolute Gasteiger partial charge is 0.478 e. The molecule has 0 fully saturated rings. The Kier molecular flexibility index (Phi) is 5.68. The van der Waals surface area contributed by atoms with Gasteiger partial charge in [-0.25, -0.2) is 9.18 Å². The summed E-state index contributed by atoms with van der Waals surface area (Å²) in [6.07, 6.45) is 0. The van der Waals surface area contributed by atoms with Crippen molar-refractivity contribution >= 4 is 34.4 Å². The van der Waals surface area contributed by atoms with Gasteiger partial charge in [0, 0.05) is 16.7 Å². The van der Waals surface area contributed by atoms with Crippen LogP contribution in [0.25, 0.3) is 0 Å². The molecule has 0 radical (unpaired) electrons. The first-order valence-electron chi connectivity index (χ1n) is 5.42. The second kappa shape index (κ2) is 7.04. The van der Waals surface area contributed by atoms with E-state index >= 15 is 0 Å². The van der Waals surface area contributed by atoms with Gasteiger partial charge in [0.2, 0.25) is 0 Å². The molecular weight excluding hydrogens is 378 g/mol. The van der Waals surface area contributed by atoms with Gasteiger partial charge in [0.25, 0.3) is 5.56 Å². The lowest BCUT2D eigenvalue weighted by atomic mass is 10.2. The summed E-state index contributed by atoms with van der Waals surface area (Å²) < 4.78 is 14.2. The van der Waals surface area contributed by atoms with E-state index in [-0.39, 0.29) is 22.8 Å². The Balaban J connectivity index is 0.000000217. The van der Waals surface area contributed by atoms with Gasteiger partial charge in [-0.05, 0) is 46.9 Å². The fraction of sp³-hybridized carbons (Fsp3) is 0.0769. The van der Waals surface area contributed by atoms with E-state index in [1.54, 1.807) is 6.07 Å². The molecule has 0 atom stereocenters. The molecule has 20 heavy (non-hydrogen) atoms. The number of carboxylic acid groups (broad SMARTS) is 1. The number of anilines is 1. The smallest absolute Gasteiger partial charge is 0.339 e. The zero-order valence-corrected chi connectivity index (χ0v) is 12.7. The number of nitrogens with two attached hydrogens (primary N) is 1. The van der Waals surface area contributed by atoms with E-state index < -0.39 is 5.97 Å². The molecule has 0 unspecified atom stereocenters. The van der Waals surface area contributed by atoms with Crippen molar-refractivity contribution in [2.24, 2.45) is 7.05 Å². The molecule has 0 saturated heterocycles. The second-order valence-corrected chi connectivity index (χ2v) is 5.02. The molecule has 0 aliphatic rings. The van der Waals surface area contributed by atoms with E-state index in [1.165, 1.54) is 31.3 Å². The van der Waals surface area contributed by atoms with Crippen LogP contribution in [-0.4, -0.2) is 15.6 Å². The minimum atomic E-state index is -1.14. The maximum Gasteiger partial charge on any atom is 0.339 e. The second-order valence-electron chi connectivity index (χ2n) is 3.77. The summed E-state index contributed by atoms with van der Waals surface area (Å²) in [6, 6.07) is 8.82. The number of rotatable bonds is 1. The van der Waals surface area contributed by atoms with Gasteiger partial charge >= 0.3 is 5.97 Å². The Hall–Kier alpha value is -1.90. The summed E-state index contributed by atoms with van der Waals surface area (Å²) in [5, 5.41) is 8.59. The highest BCUT2D eigenvalue weighted by molar-refractivity contribution is 14.1. The Morgan fingerprint density at radius 3 is 2.45 bits per heavy atom. The van der Waals surface area contributed by atoms with Crippen LogP contribution in [0, 0.1) is 9.39 Å². The Labute approximate surface area is 128 Å². The number of nitrogens with zero attached hydrogens (tertiary/aromatic N) is 1. The molecule has 1 heterocycles. The third-order valence-electron chi connectivity index (χ3n) is 2.38. The average molecular weight is 390 g/mol. The molecule has 1 aromatic carbocycles. The van der Waals surface area contributed by atoms with Crippen LogP contribution in [0.3, 0.4) is 0 Å². The van der Waals surface area contributed by atoms with Crippen LogP contribution >= 0.6 is 22.6 Å². The first kappa shape index (κ1) is 16.2. The zero-order valence-electron chi connectivity index (χ0n) is 10.5. The Bertz CT molecular complexity index is 668. The van der Waals surface area contributed by atoms with Gasteiger partial charge in [-0.3, -0.25) is 9.36 Å². The van der Waals surface area contributed by atoms with Crippen molar-refractivity contribution in [3.63, 3.8) is 0 Å². The predicted octanol–water partition coefficient (Wildman–Crippen LogP) is 2.10. The molecule has 0 bridgehead atoms. The lowest BCUT2D eigenvalue weighted by Gasteiger charge is -2.04. The normalized spacial score (nSPS) is 9.55. The van der Waals surface area contributed by atoms with Crippen LogP contribution < -0.4 is 11.3 Å². The highest BCUT2D eigenvalue weighted by Crippen LogP contribution is 2.06. The van der Waals surface area contributed by atoms with Crippen LogP contribution in [0.15, 0.2) is 41.2 Å². The maximum absolute atomic E-state index is 12.2. The van der Waals surface area contributed by atoms with Crippen molar-refractivity contribution in [1.82, 2.24) is 4.57 Å². The molecule has 0 spiro atoms. The maximum atomic E-state index is 12.2. The predicted molar refractivity (Wildman–Crippen MR) is 82.2 cm³/mol. The number of aromatic carboxylic acids is 1. The first-order valence-corrected chi connectivity index (χ1v) is 6.50. The van der Waals surface area contributed by atoms with Gasteiger partial charge in [-0.1, -0.05) is 6.07 Å². The van der Waals surface area contributed by atoms with Gasteiger partial charge in [-0.15, -0.1) is 0 Å². The minimum Gasteiger partial charge on any atom is -0.478 e. The average Bonchev–Trinajstić information content (AvgIpc) is 2.36. The number of carbonyl (C=O) groups is 1. The lowest BCUT2D eigenvalue weighted by molar-refractivity contribution is 0.0697. The molecule has 2 aromatic rings. The summed E-state index contributed by atoms with van der Waals surface area (Å²) in [5.41, 5.74) is 4.99. The molecule has 0 saturated carbocycles. The summed E-state index contributed by atoms with van der Waals surface area (Å²) in [5.74, 6) is -1.34. The van der Waals surface area contributed by atoms with E-state index in [9.17, 15) is 14.0 Å². The standard InChI is InChI=1S/C7H8N2O3.C6H4FI/c1-9-5(10)3-2-4(6(9)8)7(11)12;7-5-2-1-3-6(8)4-5/h2-3H,8H2,1H3,(H,11,12);1-4H. The van der Waals surface area contributed by atoms with Gasteiger partial charge < -0.3 is 10.8 Å². The van der Waals surface area contributed by atoms with Gasteiger partial charge in [-0.2, -0.15) is 0 Å². The lowest BCUT2D eigenvalue weighted by Crippen LogP contribution is -2.21. The quantitative estimate of drug-likeness (QED) is 0.731. The molecule has 1 aromatic heterocycles. The highest BCUT2D eigenvalue weighted by Gasteiger charge is 2.09. The molecular formula is C13H12FIN2O3. The van der Waals surface area contributed by atoms with Gasteiger partial charge in [0.1, 0.15) is 11.6 Å². The van der Waals surface area contributed by atoms with Crippen molar-refractivity contribution < 1.29 is 14.3 Å². The number of hydrogen-bond donors (Lipinski definition) is 2. The van der Waals surface area contributed by atoms with Gasteiger partial charge in [0.15, 0.2) is 0 Å².